The molecule has 0 aromatic heterocycles. The van der Waals surface area contributed by atoms with Gasteiger partial charge >= 0.3 is 11.9 Å². The molecule has 0 spiro atoms. The average molecular weight is 887 g/mol. The molecule has 2 saturated carbocycles. The molecular formula is C65H42O4. The number of rotatable bonds is 12. The van der Waals surface area contributed by atoms with Crippen molar-refractivity contribution in [3.63, 3.8) is 0 Å². The lowest BCUT2D eigenvalue weighted by Gasteiger charge is -2.37. The van der Waals surface area contributed by atoms with Crippen LogP contribution in [0.1, 0.15) is 111 Å². The summed E-state index contributed by atoms with van der Waals surface area (Å²) in [5, 5.41) is 25.8. The third kappa shape index (κ3) is 3.61. The second kappa shape index (κ2) is 11.2. The van der Waals surface area contributed by atoms with Gasteiger partial charge < -0.3 is 9.47 Å². The normalized spacial score (nSPS) is 25.9. The van der Waals surface area contributed by atoms with E-state index in [1.165, 1.54) is 70.6 Å². The molecule has 326 valence electrons. The Kier molecular flexibility index (Phi) is 5.83. The van der Waals surface area contributed by atoms with E-state index in [4.69, 9.17) is 9.47 Å². The molecule has 4 heteroatoms. The summed E-state index contributed by atoms with van der Waals surface area (Å²) in [7, 11) is 0. The van der Waals surface area contributed by atoms with Crippen molar-refractivity contribution in [2.45, 2.75) is 68.5 Å². The van der Waals surface area contributed by atoms with E-state index in [0.29, 0.717) is 61.2 Å². The zero-order chi connectivity index (χ0) is 44.8. The van der Waals surface area contributed by atoms with E-state index >= 15 is 0 Å². The Labute approximate surface area is 395 Å². The summed E-state index contributed by atoms with van der Waals surface area (Å²) in [6.45, 7) is 8.25. The highest BCUT2D eigenvalue weighted by molar-refractivity contribution is 6.57. The number of ether oxygens (including phenoxy) is 2. The molecule has 0 saturated heterocycles. The van der Waals surface area contributed by atoms with Gasteiger partial charge in [0.1, 0.15) is 13.2 Å². The number of benzene rings is 7. The number of hydrogen-bond acceptors (Lipinski definition) is 4. The first kappa shape index (κ1) is 35.8. The van der Waals surface area contributed by atoms with Gasteiger partial charge in [0.2, 0.25) is 0 Å². The van der Waals surface area contributed by atoms with Gasteiger partial charge in [0.25, 0.3) is 0 Å². The van der Waals surface area contributed by atoms with Crippen LogP contribution >= 0.6 is 0 Å². The molecule has 8 unspecified atom stereocenters. The SMILES string of the molecule is C=Cc1ccc(COC(=O)CCC2(CCC(=O)OCc3ccc(C=C)cc3)C3c4c5c6c7c4c4c(c8ccc9c%10ccc%11c%12c%13c%14c(c7c7c%14c(c%12%10)c9c8c47)=C4C6C(C=C5)C5C=CC%11C%13C45)C32)cc1. The maximum Gasteiger partial charge on any atom is 0.306 e. The van der Waals surface area contributed by atoms with Crippen molar-refractivity contribution in [2.75, 3.05) is 0 Å². The molecule has 0 amide bonds. The van der Waals surface area contributed by atoms with E-state index in [2.05, 4.69) is 61.7 Å². The summed E-state index contributed by atoms with van der Waals surface area (Å²) >= 11 is 0. The zero-order valence-corrected chi connectivity index (χ0v) is 37.8. The summed E-state index contributed by atoms with van der Waals surface area (Å²) < 4.78 is 12.1. The van der Waals surface area contributed by atoms with E-state index in [1.807, 2.05) is 60.7 Å². The lowest BCUT2D eigenvalue weighted by Crippen LogP contribution is -2.31. The van der Waals surface area contributed by atoms with Crippen LogP contribution in [0.25, 0.3) is 110 Å². The molecule has 8 atom stereocenters. The Hall–Kier alpha value is -7.30. The zero-order valence-electron chi connectivity index (χ0n) is 37.8. The molecule has 69 heavy (non-hydrogen) atoms. The van der Waals surface area contributed by atoms with Crippen molar-refractivity contribution in [3.05, 3.63) is 165 Å². The molecule has 4 nitrogen and oxygen atoms in total. The fourth-order valence-corrected chi connectivity index (χ4v) is 18.2. The smallest absolute Gasteiger partial charge is 0.306 e. The van der Waals surface area contributed by atoms with Gasteiger partial charge in [-0.05, 0) is 200 Å². The predicted molar refractivity (Wildman–Crippen MR) is 277 cm³/mol. The molecule has 11 aromatic rings. The molecule has 2 fully saturated rings. The van der Waals surface area contributed by atoms with Crippen LogP contribution in [0.5, 0.6) is 0 Å². The Bertz CT molecular complexity index is 4360. The van der Waals surface area contributed by atoms with Gasteiger partial charge in [0, 0.05) is 30.6 Å². The van der Waals surface area contributed by atoms with E-state index < -0.39 is 0 Å². The van der Waals surface area contributed by atoms with Crippen LogP contribution < -0.4 is 5.22 Å². The summed E-state index contributed by atoms with van der Waals surface area (Å²) in [6.07, 6.45) is 16.0. The highest BCUT2D eigenvalue weighted by atomic mass is 16.5. The molecule has 19 rings (SSSR count). The van der Waals surface area contributed by atoms with Crippen molar-refractivity contribution in [2.24, 2.45) is 23.2 Å². The number of carbonyl (C=O) groups is 2. The Morgan fingerprint density at radius 3 is 1.81 bits per heavy atom. The second-order valence-corrected chi connectivity index (χ2v) is 22.5. The quantitative estimate of drug-likeness (QED) is 0.0697. The van der Waals surface area contributed by atoms with E-state index in [-0.39, 0.29) is 42.4 Å². The van der Waals surface area contributed by atoms with E-state index in [1.54, 1.807) is 59.8 Å². The topological polar surface area (TPSA) is 52.6 Å². The minimum Gasteiger partial charge on any atom is -0.461 e. The molecule has 0 heterocycles. The lowest BCUT2D eigenvalue weighted by molar-refractivity contribution is -0.145. The Balaban J connectivity index is 0.846. The molecule has 0 N–H and O–H groups in total. The van der Waals surface area contributed by atoms with Gasteiger partial charge in [-0.1, -0.05) is 122 Å². The molecule has 0 radical (unpaired) electrons. The van der Waals surface area contributed by atoms with Gasteiger partial charge in [-0.15, -0.1) is 0 Å². The summed E-state index contributed by atoms with van der Waals surface area (Å²) in [5.74, 6) is 2.70. The highest BCUT2D eigenvalue weighted by Crippen LogP contribution is 2.82. The minimum absolute atomic E-state index is 0.159. The molecule has 0 aliphatic heterocycles. The lowest BCUT2D eigenvalue weighted by atomic mass is 9.65. The van der Waals surface area contributed by atoms with Crippen molar-refractivity contribution in [1.29, 1.82) is 0 Å². The van der Waals surface area contributed by atoms with Crippen LogP contribution in [0.3, 0.4) is 0 Å². The minimum atomic E-state index is -0.342. The number of fused-ring (bicyclic) bond motifs is 8. The maximum absolute atomic E-state index is 14.1. The first-order valence-electron chi connectivity index (χ1n) is 25.4. The van der Waals surface area contributed by atoms with Crippen molar-refractivity contribution >= 4 is 122 Å². The fourth-order valence-electron chi connectivity index (χ4n) is 18.2. The Morgan fingerprint density at radius 1 is 0.522 bits per heavy atom. The summed E-state index contributed by atoms with van der Waals surface area (Å²) in [4.78, 5) is 28.2. The molecule has 0 bridgehead atoms. The summed E-state index contributed by atoms with van der Waals surface area (Å²) in [5.41, 5.74) is 14.7. The first-order chi connectivity index (χ1) is 34.0. The van der Waals surface area contributed by atoms with Crippen LogP contribution in [-0.2, 0) is 32.3 Å². The molecule has 8 aliphatic rings. The van der Waals surface area contributed by atoms with E-state index in [9.17, 15) is 9.59 Å². The van der Waals surface area contributed by atoms with Gasteiger partial charge in [-0.25, -0.2) is 0 Å². The van der Waals surface area contributed by atoms with Gasteiger partial charge in [0.05, 0.1) is 0 Å². The van der Waals surface area contributed by atoms with Crippen LogP contribution in [-0.4, -0.2) is 11.9 Å². The van der Waals surface area contributed by atoms with Gasteiger partial charge in [-0.3, -0.25) is 9.59 Å². The van der Waals surface area contributed by atoms with Crippen LogP contribution in [0.4, 0.5) is 0 Å². The third-order valence-electron chi connectivity index (χ3n) is 20.4. The van der Waals surface area contributed by atoms with Gasteiger partial charge in [-0.2, -0.15) is 0 Å². The average Bonchev–Trinajstić information content (AvgIpc) is 4.02. The monoisotopic (exact) mass is 886 g/mol. The standard InChI is InChI=1S/C65H42O4/c1-3-27-5-9-29(10-6-27)25-68-39(66)21-23-65(24-22-40(67)69-26-30-11-7-28(4-2)8-12-30)63-49-37-19-17-35-33-15-13-31-32-14-16-34-36-18-20-38-48-46(36)53-44(34)42(32)51-41(31)43(33)52-45(35)47(37)54-56(49)57(50(38)64(63)65)55(48)62-60(53)58(51)59(52)61(54)62/h3-20,31,33,35,41,43,45,63-64H,1-2,21-26H2. The molecular weight excluding hydrogens is 845 g/mol. The number of allylic oxidation sites excluding steroid dienone is 3. The molecule has 11 aromatic carbocycles. The second-order valence-electron chi connectivity index (χ2n) is 22.5. The van der Waals surface area contributed by atoms with Crippen LogP contribution in [0, 0.1) is 23.2 Å². The molecule has 8 aliphatic carbocycles. The maximum atomic E-state index is 14.1. The largest absolute Gasteiger partial charge is 0.461 e. The number of hydrogen-bond donors (Lipinski definition) is 0. The fraction of sp³-hybridized carbons (Fsp3) is 0.231. The highest BCUT2D eigenvalue weighted by Gasteiger charge is 2.69. The summed E-state index contributed by atoms with van der Waals surface area (Å²) in [6, 6.07) is 26.0. The van der Waals surface area contributed by atoms with Crippen LogP contribution in [0.2, 0.25) is 0 Å². The van der Waals surface area contributed by atoms with E-state index in [0.717, 1.165) is 22.3 Å². The van der Waals surface area contributed by atoms with Crippen LogP contribution in [0.15, 0.2) is 104 Å². The Morgan fingerprint density at radius 2 is 1.10 bits per heavy atom. The van der Waals surface area contributed by atoms with Crippen molar-refractivity contribution in [3.8, 4) is 0 Å². The van der Waals surface area contributed by atoms with Crippen molar-refractivity contribution in [1.82, 2.24) is 0 Å². The number of esters is 2. The first-order valence-corrected chi connectivity index (χ1v) is 25.4. The predicted octanol–water partition coefficient (Wildman–Crippen LogP) is 14.2. The van der Waals surface area contributed by atoms with Gasteiger partial charge in [0.15, 0.2) is 0 Å². The third-order valence-corrected chi connectivity index (χ3v) is 20.4. The van der Waals surface area contributed by atoms with Crippen molar-refractivity contribution < 1.29 is 19.1 Å². The number of carbonyl (C=O) groups excluding carboxylic acids is 2.